The first-order valence-electron chi connectivity index (χ1n) is 6.95. The van der Waals surface area contributed by atoms with Gasteiger partial charge in [0.15, 0.2) is 5.82 Å². The van der Waals surface area contributed by atoms with Crippen LogP contribution in [0.2, 0.25) is 0 Å². The maximum atomic E-state index is 9.36. The number of nitrogens with zero attached hydrogens (tertiary/aromatic N) is 4. The van der Waals surface area contributed by atoms with Crippen LogP contribution in [-0.2, 0) is 6.54 Å². The van der Waals surface area contributed by atoms with Gasteiger partial charge >= 0.3 is 0 Å². The van der Waals surface area contributed by atoms with Gasteiger partial charge in [-0.1, -0.05) is 28.1 Å². The molecular formula is C15H16BrN5. The number of aromatic nitrogens is 2. The molecule has 1 aliphatic heterocycles. The number of nitriles is 1. The van der Waals surface area contributed by atoms with Gasteiger partial charge in [0.1, 0.15) is 17.5 Å². The van der Waals surface area contributed by atoms with Crippen molar-refractivity contribution in [2.75, 3.05) is 23.7 Å². The minimum absolute atomic E-state index is 0.447. The first-order valence-corrected chi connectivity index (χ1v) is 7.74. The molecule has 21 heavy (non-hydrogen) atoms. The quantitative estimate of drug-likeness (QED) is 0.928. The SMILES string of the molecule is N#Cc1c(N2CCCC2)nn(Cc2ccc(Br)cc2)c1N. The van der Waals surface area contributed by atoms with Crippen LogP contribution >= 0.6 is 15.9 Å². The van der Waals surface area contributed by atoms with Gasteiger partial charge in [-0.3, -0.25) is 0 Å². The average molecular weight is 346 g/mol. The monoisotopic (exact) mass is 345 g/mol. The number of nitrogen functional groups attached to an aromatic ring is 1. The molecule has 6 heteroatoms. The lowest BCUT2D eigenvalue weighted by molar-refractivity contribution is 0.691. The molecule has 1 saturated heterocycles. The van der Waals surface area contributed by atoms with E-state index in [0.29, 0.717) is 17.9 Å². The summed E-state index contributed by atoms with van der Waals surface area (Å²) < 4.78 is 2.75. The molecule has 0 bridgehead atoms. The lowest BCUT2D eigenvalue weighted by Crippen LogP contribution is -2.19. The topological polar surface area (TPSA) is 70.9 Å². The molecule has 0 amide bonds. The lowest BCUT2D eigenvalue weighted by atomic mass is 10.2. The van der Waals surface area contributed by atoms with Crippen molar-refractivity contribution in [2.45, 2.75) is 19.4 Å². The molecular weight excluding hydrogens is 330 g/mol. The van der Waals surface area contributed by atoms with Crippen LogP contribution in [0.4, 0.5) is 11.6 Å². The van der Waals surface area contributed by atoms with Crippen LogP contribution in [0, 0.1) is 11.3 Å². The summed E-state index contributed by atoms with van der Waals surface area (Å²) in [5.74, 6) is 1.17. The van der Waals surface area contributed by atoms with Crippen LogP contribution in [0.5, 0.6) is 0 Å². The maximum absolute atomic E-state index is 9.36. The molecule has 1 aliphatic rings. The van der Waals surface area contributed by atoms with Crippen LogP contribution in [0.1, 0.15) is 24.0 Å². The second-order valence-electron chi connectivity index (χ2n) is 5.17. The Morgan fingerprint density at radius 3 is 2.52 bits per heavy atom. The number of nitrogens with two attached hydrogens (primary N) is 1. The Kier molecular flexibility index (Phi) is 3.84. The first kappa shape index (κ1) is 14.0. The van der Waals surface area contributed by atoms with E-state index in [4.69, 9.17) is 5.73 Å². The molecule has 2 aromatic rings. The number of anilines is 2. The highest BCUT2D eigenvalue weighted by Crippen LogP contribution is 2.27. The molecule has 0 unspecified atom stereocenters. The fraction of sp³-hybridized carbons (Fsp3) is 0.333. The van der Waals surface area contributed by atoms with E-state index in [0.717, 1.165) is 41.8 Å². The summed E-state index contributed by atoms with van der Waals surface area (Å²) in [4.78, 5) is 2.15. The van der Waals surface area contributed by atoms with Gasteiger partial charge in [-0.25, -0.2) is 4.68 Å². The molecule has 2 N–H and O–H groups in total. The number of hydrogen-bond acceptors (Lipinski definition) is 4. The van der Waals surface area contributed by atoms with E-state index in [1.807, 2.05) is 24.3 Å². The van der Waals surface area contributed by atoms with Gasteiger partial charge < -0.3 is 10.6 Å². The van der Waals surface area contributed by atoms with E-state index < -0.39 is 0 Å². The molecule has 2 heterocycles. The number of benzene rings is 1. The fourth-order valence-corrected chi connectivity index (χ4v) is 2.87. The van der Waals surface area contributed by atoms with Gasteiger partial charge in [0.25, 0.3) is 0 Å². The van der Waals surface area contributed by atoms with Crippen LogP contribution in [0.3, 0.4) is 0 Å². The lowest BCUT2D eigenvalue weighted by Gasteiger charge is -2.13. The summed E-state index contributed by atoms with van der Waals surface area (Å²) in [5.41, 5.74) is 7.70. The van der Waals surface area contributed by atoms with Crippen LogP contribution in [0.15, 0.2) is 28.7 Å². The van der Waals surface area contributed by atoms with Crippen molar-refractivity contribution in [3.63, 3.8) is 0 Å². The zero-order valence-corrected chi connectivity index (χ0v) is 13.2. The molecule has 108 valence electrons. The summed E-state index contributed by atoms with van der Waals surface area (Å²) in [6, 6.07) is 10.2. The first-order chi connectivity index (χ1) is 10.2. The molecule has 0 saturated carbocycles. The van der Waals surface area contributed by atoms with Crippen molar-refractivity contribution in [3.05, 3.63) is 39.9 Å². The van der Waals surface area contributed by atoms with Gasteiger partial charge in [-0.05, 0) is 30.5 Å². The minimum Gasteiger partial charge on any atom is -0.383 e. The van der Waals surface area contributed by atoms with Gasteiger partial charge in [0.05, 0.1) is 6.54 Å². The fourth-order valence-electron chi connectivity index (χ4n) is 2.60. The van der Waals surface area contributed by atoms with E-state index >= 15 is 0 Å². The largest absolute Gasteiger partial charge is 0.383 e. The Labute approximate surface area is 132 Å². The highest BCUT2D eigenvalue weighted by molar-refractivity contribution is 9.10. The third-order valence-electron chi connectivity index (χ3n) is 3.74. The van der Waals surface area contributed by atoms with E-state index in [9.17, 15) is 5.26 Å². The summed E-state index contributed by atoms with van der Waals surface area (Å²) in [6.07, 6.45) is 2.29. The predicted octanol–water partition coefficient (Wildman–Crippen LogP) is 2.75. The Bertz CT molecular complexity index is 677. The standard InChI is InChI=1S/C15H16BrN5/c16-12-5-3-11(4-6-12)10-21-14(18)13(9-17)15(19-21)20-7-1-2-8-20/h3-6H,1-2,7-8,10,18H2. The third kappa shape index (κ3) is 2.74. The van der Waals surface area contributed by atoms with Crippen LogP contribution < -0.4 is 10.6 Å². The van der Waals surface area contributed by atoms with Crippen LogP contribution in [0.25, 0.3) is 0 Å². The smallest absolute Gasteiger partial charge is 0.170 e. The van der Waals surface area contributed by atoms with E-state index in [1.165, 1.54) is 0 Å². The van der Waals surface area contributed by atoms with Crippen molar-refractivity contribution in [1.82, 2.24) is 9.78 Å². The normalized spacial score (nSPS) is 14.4. The molecule has 5 nitrogen and oxygen atoms in total. The van der Waals surface area contributed by atoms with E-state index in [1.54, 1.807) is 4.68 Å². The summed E-state index contributed by atoms with van der Waals surface area (Å²) in [6.45, 7) is 2.47. The van der Waals surface area contributed by atoms with E-state index in [2.05, 4.69) is 32.0 Å². The Morgan fingerprint density at radius 2 is 1.90 bits per heavy atom. The van der Waals surface area contributed by atoms with Crippen molar-refractivity contribution < 1.29 is 0 Å². The molecule has 1 aromatic heterocycles. The van der Waals surface area contributed by atoms with E-state index in [-0.39, 0.29) is 0 Å². The average Bonchev–Trinajstić information content (AvgIpc) is 3.10. The Balaban J connectivity index is 1.92. The van der Waals surface area contributed by atoms with Gasteiger partial charge in [-0.15, -0.1) is 0 Å². The molecule has 0 atom stereocenters. The van der Waals surface area contributed by atoms with Gasteiger partial charge in [-0.2, -0.15) is 10.4 Å². The van der Waals surface area contributed by atoms with Crippen molar-refractivity contribution >= 4 is 27.6 Å². The summed E-state index contributed by atoms with van der Waals surface area (Å²) >= 11 is 3.42. The van der Waals surface area contributed by atoms with Gasteiger partial charge in [0.2, 0.25) is 0 Å². The minimum atomic E-state index is 0.447. The van der Waals surface area contributed by atoms with Gasteiger partial charge in [0, 0.05) is 17.6 Å². The zero-order valence-electron chi connectivity index (χ0n) is 11.6. The number of rotatable bonds is 3. The molecule has 0 radical (unpaired) electrons. The summed E-state index contributed by atoms with van der Waals surface area (Å²) in [7, 11) is 0. The number of hydrogen-bond donors (Lipinski definition) is 1. The zero-order chi connectivity index (χ0) is 14.8. The molecule has 1 aromatic carbocycles. The second-order valence-corrected chi connectivity index (χ2v) is 6.09. The van der Waals surface area contributed by atoms with Crippen LogP contribution in [-0.4, -0.2) is 22.9 Å². The molecule has 0 spiro atoms. The maximum Gasteiger partial charge on any atom is 0.170 e. The Morgan fingerprint density at radius 1 is 1.24 bits per heavy atom. The Hall–Kier alpha value is -2.00. The highest BCUT2D eigenvalue weighted by Gasteiger charge is 2.23. The third-order valence-corrected chi connectivity index (χ3v) is 4.26. The van der Waals surface area contributed by atoms with Crippen molar-refractivity contribution in [3.8, 4) is 6.07 Å². The van der Waals surface area contributed by atoms with Crippen molar-refractivity contribution in [1.29, 1.82) is 5.26 Å². The second kappa shape index (κ2) is 5.78. The summed E-state index contributed by atoms with van der Waals surface area (Å²) in [5, 5.41) is 13.9. The molecule has 1 fully saturated rings. The predicted molar refractivity (Wildman–Crippen MR) is 86.0 cm³/mol. The molecule has 3 rings (SSSR count). The highest BCUT2D eigenvalue weighted by atomic mass is 79.9. The molecule has 0 aliphatic carbocycles. The number of halogens is 1. The van der Waals surface area contributed by atoms with Crippen molar-refractivity contribution in [2.24, 2.45) is 0 Å².